The van der Waals surface area contributed by atoms with Crippen LogP contribution in [0.15, 0.2) is 59.3 Å². The monoisotopic (exact) mass is 518 g/mol. The van der Waals surface area contributed by atoms with Crippen LogP contribution in [0.25, 0.3) is 0 Å². The van der Waals surface area contributed by atoms with Gasteiger partial charge in [-0.1, -0.05) is 23.3 Å². The Kier molecular flexibility index (Phi) is 17.5. The van der Waals surface area contributed by atoms with Gasteiger partial charge in [0.05, 0.1) is 18.8 Å². The van der Waals surface area contributed by atoms with Gasteiger partial charge in [-0.3, -0.25) is 24.0 Å². The van der Waals surface area contributed by atoms with Crippen LogP contribution in [0.4, 0.5) is 0 Å². The van der Waals surface area contributed by atoms with Crippen molar-refractivity contribution in [1.29, 1.82) is 0 Å². The third-order valence-corrected chi connectivity index (χ3v) is 4.60. The van der Waals surface area contributed by atoms with E-state index in [-0.39, 0.29) is 25.2 Å². The van der Waals surface area contributed by atoms with Gasteiger partial charge in [0.2, 0.25) is 0 Å². The van der Waals surface area contributed by atoms with Crippen LogP contribution in [-0.4, -0.2) is 36.3 Å². The first-order valence-corrected chi connectivity index (χ1v) is 11.9. The summed E-state index contributed by atoms with van der Waals surface area (Å²) >= 11 is 0. The van der Waals surface area contributed by atoms with Gasteiger partial charge in [-0.25, -0.2) is 0 Å². The number of rotatable bonds is 16. The van der Waals surface area contributed by atoms with Crippen LogP contribution in [0.5, 0.6) is 0 Å². The van der Waals surface area contributed by atoms with Gasteiger partial charge in [-0.05, 0) is 51.2 Å². The Labute approximate surface area is 218 Å². The topological polar surface area (TPSA) is 122 Å². The molecule has 0 bridgehead atoms. The van der Waals surface area contributed by atoms with Crippen LogP contribution < -0.4 is 0 Å². The number of hydrogen-bond acceptors (Lipinski definition) is 9. The lowest BCUT2D eigenvalue weighted by Crippen LogP contribution is -2.09. The fraction of sp³-hybridized carbons (Fsp3) is 0.464. The lowest BCUT2D eigenvalue weighted by molar-refractivity contribution is -0.140. The van der Waals surface area contributed by atoms with Crippen molar-refractivity contribution in [2.75, 3.05) is 6.61 Å². The molecule has 0 unspecified atom stereocenters. The summed E-state index contributed by atoms with van der Waals surface area (Å²) in [4.78, 5) is 56.5. The Morgan fingerprint density at radius 1 is 0.622 bits per heavy atom. The van der Waals surface area contributed by atoms with Crippen LogP contribution >= 0.6 is 0 Å². The number of carbonyl (C=O) groups excluding carboxylic acids is 5. The van der Waals surface area contributed by atoms with E-state index in [9.17, 15) is 24.0 Å². The zero-order chi connectivity index (χ0) is 28.2. The Balaban J connectivity index is 4.76. The summed E-state index contributed by atoms with van der Waals surface area (Å²) in [6.45, 7) is 8.88. The van der Waals surface area contributed by atoms with Crippen molar-refractivity contribution in [3.05, 3.63) is 59.3 Å². The van der Waals surface area contributed by atoms with E-state index in [0.717, 1.165) is 24.7 Å². The molecule has 0 aliphatic heterocycles. The first kappa shape index (κ1) is 33.2. The van der Waals surface area contributed by atoms with E-state index in [2.05, 4.69) is 6.08 Å². The summed E-state index contributed by atoms with van der Waals surface area (Å²) in [6, 6.07) is 0. The molecule has 0 spiro atoms. The maximum Gasteiger partial charge on any atom is 0.307 e. The first-order chi connectivity index (χ1) is 17.4. The van der Waals surface area contributed by atoms with Gasteiger partial charge in [0.25, 0.3) is 0 Å². The highest BCUT2D eigenvalue weighted by Gasteiger charge is 2.10. The SMILES string of the molecule is CC(=O)O/C=C(\COC(C)=O)CC(=O)C/C(C)=C/CC/C(C)=C/CCC(/C=C/OC(C)=O)=C\OC(C)=O. The van der Waals surface area contributed by atoms with E-state index in [1.54, 1.807) is 6.08 Å². The summed E-state index contributed by atoms with van der Waals surface area (Å²) in [5.41, 5.74) is 3.19. The third-order valence-electron chi connectivity index (χ3n) is 4.60. The Bertz CT molecular complexity index is 962. The van der Waals surface area contributed by atoms with Crippen molar-refractivity contribution in [3.8, 4) is 0 Å². The number of ether oxygens (including phenoxy) is 4. The van der Waals surface area contributed by atoms with Crippen molar-refractivity contribution >= 4 is 29.7 Å². The van der Waals surface area contributed by atoms with Crippen molar-refractivity contribution in [2.45, 2.75) is 80.1 Å². The van der Waals surface area contributed by atoms with E-state index in [1.807, 2.05) is 19.9 Å². The molecule has 0 radical (unpaired) electrons. The quantitative estimate of drug-likeness (QED) is 0.0878. The second-order valence-corrected chi connectivity index (χ2v) is 8.45. The van der Waals surface area contributed by atoms with Gasteiger partial charge in [0, 0.05) is 46.1 Å². The van der Waals surface area contributed by atoms with Crippen molar-refractivity contribution < 1.29 is 42.9 Å². The molecule has 0 fully saturated rings. The summed E-state index contributed by atoms with van der Waals surface area (Å²) < 4.78 is 19.4. The molecule has 0 aromatic carbocycles. The Hall–Kier alpha value is -3.75. The minimum atomic E-state index is -0.526. The first-order valence-electron chi connectivity index (χ1n) is 11.9. The van der Waals surface area contributed by atoms with Gasteiger partial charge in [0.15, 0.2) is 0 Å². The highest BCUT2D eigenvalue weighted by Crippen LogP contribution is 2.15. The molecule has 0 rings (SSSR count). The lowest BCUT2D eigenvalue weighted by Gasteiger charge is -2.08. The van der Waals surface area contributed by atoms with Gasteiger partial charge in [-0.15, -0.1) is 0 Å². The molecule has 0 saturated heterocycles. The number of carbonyl (C=O) groups is 5. The zero-order valence-electron chi connectivity index (χ0n) is 22.6. The largest absolute Gasteiger partial charge is 0.461 e. The van der Waals surface area contributed by atoms with Crippen LogP contribution in [-0.2, 0) is 42.9 Å². The van der Waals surface area contributed by atoms with Crippen molar-refractivity contribution in [3.63, 3.8) is 0 Å². The smallest absolute Gasteiger partial charge is 0.307 e. The fourth-order valence-electron chi connectivity index (χ4n) is 2.88. The van der Waals surface area contributed by atoms with E-state index in [1.165, 1.54) is 45.8 Å². The fourth-order valence-corrected chi connectivity index (χ4v) is 2.88. The summed E-state index contributed by atoms with van der Waals surface area (Å²) in [7, 11) is 0. The molecule has 9 heteroatoms. The molecule has 0 amide bonds. The molecule has 204 valence electrons. The molecule has 37 heavy (non-hydrogen) atoms. The summed E-state index contributed by atoms with van der Waals surface area (Å²) in [6.07, 6.45) is 12.5. The maximum absolute atomic E-state index is 12.4. The van der Waals surface area contributed by atoms with E-state index >= 15 is 0 Å². The van der Waals surface area contributed by atoms with E-state index in [4.69, 9.17) is 18.9 Å². The normalized spacial score (nSPS) is 12.8. The number of ketones is 1. The second-order valence-electron chi connectivity index (χ2n) is 8.45. The summed E-state index contributed by atoms with van der Waals surface area (Å²) in [5.74, 6) is -1.98. The van der Waals surface area contributed by atoms with E-state index < -0.39 is 23.9 Å². The van der Waals surface area contributed by atoms with Crippen LogP contribution in [0.3, 0.4) is 0 Å². The van der Waals surface area contributed by atoms with E-state index in [0.29, 0.717) is 24.0 Å². The average Bonchev–Trinajstić information content (AvgIpc) is 2.78. The van der Waals surface area contributed by atoms with Crippen LogP contribution in [0.2, 0.25) is 0 Å². The molecule has 0 atom stereocenters. The Morgan fingerprint density at radius 3 is 1.78 bits per heavy atom. The summed E-state index contributed by atoms with van der Waals surface area (Å²) in [5, 5.41) is 0. The average molecular weight is 519 g/mol. The standard InChI is InChI=1S/C28H38O9/c1-20(10-8-12-26(17-35-23(4)30)13-14-34-22(3)29)9-7-11-21(2)15-28(33)16-27(18-36-24(5)31)19-37-25(6)32/h10-11,13-14,17-18H,7-9,12,15-16,19H2,1-6H3/b14-13+,20-10+,21-11+,26-17+,27-18-. The van der Waals surface area contributed by atoms with Gasteiger partial charge in [-0.2, -0.15) is 0 Å². The molecular formula is C28H38O9. The lowest BCUT2D eigenvalue weighted by atomic mass is 10.0. The number of hydrogen-bond donors (Lipinski definition) is 0. The van der Waals surface area contributed by atoms with Gasteiger partial charge in [0.1, 0.15) is 12.4 Å². The molecule has 0 aromatic heterocycles. The molecule has 0 aromatic rings. The van der Waals surface area contributed by atoms with Gasteiger partial charge >= 0.3 is 23.9 Å². The third kappa shape index (κ3) is 21.3. The second kappa shape index (κ2) is 19.4. The molecule has 9 nitrogen and oxygen atoms in total. The van der Waals surface area contributed by atoms with Crippen LogP contribution in [0.1, 0.15) is 80.1 Å². The number of Topliss-reactive ketones (excluding diaryl/α,β-unsaturated/α-hetero) is 1. The van der Waals surface area contributed by atoms with Crippen molar-refractivity contribution in [2.24, 2.45) is 0 Å². The predicted octanol–water partition coefficient (Wildman–Crippen LogP) is 5.32. The molecule has 0 N–H and O–H groups in total. The van der Waals surface area contributed by atoms with Crippen molar-refractivity contribution in [1.82, 2.24) is 0 Å². The van der Waals surface area contributed by atoms with Gasteiger partial charge < -0.3 is 18.9 Å². The Morgan fingerprint density at radius 2 is 1.19 bits per heavy atom. The number of esters is 4. The van der Waals surface area contributed by atoms with Crippen LogP contribution in [0, 0.1) is 0 Å². The molecule has 0 aliphatic rings. The molecular weight excluding hydrogens is 480 g/mol. The maximum atomic E-state index is 12.4. The highest BCUT2D eigenvalue weighted by atomic mass is 16.5. The minimum Gasteiger partial charge on any atom is -0.461 e. The highest BCUT2D eigenvalue weighted by molar-refractivity contribution is 5.83. The molecule has 0 heterocycles. The number of allylic oxidation sites excluding steroid dienone is 6. The zero-order valence-corrected chi connectivity index (χ0v) is 22.6. The molecule has 0 aliphatic carbocycles. The minimum absolute atomic E-state index is 0.0137. The molecule has 0 saturated carbocycles. The predicted molar refractivity (Wildman–Crippen MR) is 137 cm³/mol.